The largest absolute Gasteiger partial charge is 0.468 e. The monoisotopic (exact) mass is 260 g/mol. The van der Waals surface area contributed by atoms with Crippen LogP contribution in [0.3, 0.4) is 0 Å². The third-order valence-electron chi connectivity index (χ3n) is 2.23. The highest BCUT2D eigenvalue weighted by atomic mass is 32.2. The molecule has 1 aliphatic heterocycles. The van der Waals surface area contributed by atoms with Gasteiger partial charge in [-0.2, -0.15) is 0 Å². The summed E-state index contributed by atoms with van der Waals surface area (Å²) in [4.78, 5) is 34.6. The summed E-state index contributed by atoms with van der Waals surface area (Å²) in [5, 5.41) is -0.724. The van der Waals surface area contributed by atoms with E-state index in [1.807, 2.05) is 0 Å². The summed E-state index contributed by atoms with van der Waals surface area (Å²) in [5.74, 6) is -2.10. The van der Waals surface area contributed by atoms with Gasteiger partial charge in [0.15, 0.2) is 0 Å². The van der Waals surface area contributed by atoms with Gasteiger partial charge in [0.1, 0.15) is 5.25 Å². The summed E-state index contributed by atoms with van der Waals surface area (Å²) >= 11 is 0.821. The van der Waals surface area contributed by atoms with Crippen LogP contribution in [0.2, 0.25) is 0 Å². The van der Waals surface area contributed by atoms with E-state index in [1.54, 1.807) is 0 Å². The van der Waals surface area contributed by atoms with Gasteiger partial charge in [0, 0.05) is 0 Å². The molecule has 7 heteroatoms. The van der Waals surface area contributed by atoms with Gasteiger partial charge in [-0.1, -0.05) is 6.08 Å². The van der Waals surface area contributed by atoms with Gasteiger partial charge in [0.25, 0.3) is 0 Å². The van der Waals surface area contributed by atoms with Crippen molar-refractivity contribution in [2.24, 2.45) is 0 Å². The molecule has 0 unspecified atom stereocenters. The molecule has 0 bridgehead atoms. The lowest BCUT2D eigenvalue weighted by Gasteiger charge is -2.21. The zero-order chi connectivity index (χ0) is 13.1. The number of carbonyl (C=O) groups is 3. The molecule has 1 atom stereocenters. The van der Waals surface area contributed by atoms with Crippen LogP contribution in [0.5, 0.6) is 0 Å². The first kappa shape index (κ1) is 13.6. The van der Waals surface area contributed by atoms with Crippen molar-refractivity contribution in [1.29, 1.82) is 0 Å². The minimum absolute atomic E-state index is 0.541. The molecule has 0 spiro atoms. The molecule has 0 saturated heterocycles. The molecule has 0 N–H and O–H groups in total. The first-order chi connectivity index (χ1) is 8.01. The summed E-state index contributed by atoms with van der Waals surface area (Å²) in [6.45, 7) is 0. The zero-order valence-corrected chi connectivity index (χ0v) is 10.4. The van der Waals surface area contributed by atoms with Gasteiger partial charge in [-0.3, -0.25) is 4.79 Å². The number of carbonyl (C=O) groups excluding carboxylic acids is 3. The van der Waals surface area contributed by atoms with Crippen molar-refractivity contribution in [2.45, 2.75) is 10.00 Å². The summed E-state index contributed by atoms with van der Waals surface area (Å²) in [7, 11) is 3.55. The predicted molar refractivity (Wildman–Crippen MR) is 59.3 cm³/mol. The van der Waals surface area contributed by atoms with Gasteiger partial charge >= 0.3 is 17.9 Å². The quantitative estimate of drug-likeness (QED) is 0.304. The fraction of sp³-hybridized carbons (Fsp3) is 0.500. The molecule has 17 heavy (non-hydrogen) atoms. The topological polar surface area (TPSA) is 78.9 Å². The van der Waals surface area contributed by atoms with Crippen LogP contribution in [0, 0.1) is 0 Å². The molecule has 0 saturated carbocycles. The molecular weight excluding hydrogens is 248 g/mol. The SMILES string of the molecule is COC(=O)[C@@H]1C=CC(C(=O)OC)(C(=O)OC)S1. The Morgan fingerprint density at radius 3 is 2.00 bits per heavy atom. The van der Waals surface area contributed by atoms with Crippen molar-refractivity contribution < 1.29 is 28.6 Å². The van der Waals surface area contributed by atoms with E-state index in [2.05, 4.69) is 14.2 Å². The molecule has 0 aromatic carbocycles. The maximum atomic E-state index is 11.6. The highest BCUT2D eigenvalue weighted by Gasteiger charge is 2.53. The lowest BCUT2D eigenvalue weighted by Crippen LogP contribution is -2.43. The van der Waals surface area contributed by atoms with E-state index in [-0.39, 0.29) is 0 Å². The van der Waals surface area contributed by atoms with Crippen LogP contribution in [-0.4, -0.2) is 49.2 Å². The average Bonchev–Trinajstić information content (AvgIpc) is 2.82. The highest BCUT2D eigenvalue weighted by molar-refractivity contribution is 8.04. The molecule has 1 aliphatic rings. The van der Waals surface area contributed by atoms with Crippen molar-refractivity contribution in [2.75, 3.05) is 21.3 Å². The van der Waals surface area contributed by atoms with Gasteiger partial charge in [-0.15, -0.1) is 11.8 Å². The zero-order valence-electron chi connectivity index (χ0n) is 9.59. The van der Waals surface area contributed by atoms with Crippen LogP contribution in [0.1, 0.15) is 0 Å². The Morgan fingerprint density at radius 2 is 1.59 bits per heavy atom. The van der Waals surface area contributed by atoms with Crippen LogP contribution in [-0.2, 0) is 28.6 Å². The number of hydrogen-bond acceptors (Lipinski definition) is 7. The van der Waals surface area contributed by atoms with E-state index in [4.69, 9.17) is 0 Å². The van der Waals surface area contributed by atoms with E-state index in [0.29, 0.717) is 0 Å². The number of rotatable bonds is 3. The summed E-state index contributed by atoms with van der Waals surface area (Å²) in [6.07, 6.45) is 2.72. The second-order valence-corrected chi connectivity index (χ2v) is 4.53. The molecule has 1 heterocycles. The highest BCUT2D eigenvalue weighted by Crippen LogP contribution is 2.40. The molecule has 0 fully saturated rings. The minimum atomic E-state index is -1.62. The maximum absolute atomic E-state index is 11.6. The van der Waals surface area contributed by atoms with Gasteiger partial charge in [-0.25, -0.2) is 9.59 Å². The lowest BCUT2D eigenvalue weighted by molar-refractivity contribution is -0.153. The maximum Gasteiger partial charge on any atom is 0.337 e. The number of ether oxygens (including phenoxy) is 3. The molecule has 0 amide bonds. The third kappa shape index (κ3) is 2.28. The fourth-order valence-electron chi connectivity index (χ4n) is 1.36. The van der Waals surface area contributed by atoms with Crippen LogP contribution < -0.4 is 0 Å². The summed E-state index contributed by atoms with van der Waals surface area (Å²) in [5.41, 5.74) is 0. The van der Waals surface area contributed by atoms with E-state index >= 15 is 0 Å². The van der Waals surface area contributed by atoms with Gasteiger partial charge < -0.3 is 14.2 Å². The smallest absolute Gasteiger partial charge is 0.337 e. The van der Waals surface area contributed by atoms with E-state index in [1.165, 1.54) is 19.3 Å². The lowest BCUT2D eigenvalue weighted by atomic mass is 10.1. The van der Waals surface area contributed by atoms with Crippen LogP contribution in [0.25, 0.3) is 0 Å². The molecule has 0 radical (unpaired) electrons. The standard InChI is InChI=1S/C10H12O6S/c1-14-7(11)6-4-5-10(17-6,8(12)15-2)9(13)16-3/h4-6H,1-3H3/t6-/m0/s1. The number of thioether (sulfide) groups is 1. The number of methoxy groups -OCH3 is 3. The average molecular weight is 260 g/mol. The van der Waals surface area contributed by atoms with E-state index in [0.717, 1.165) is 26.0 Å². The molecule has 0 aromatic heterocycles. The second-order valence-electron chi connectivity index (χ2n) is 3.14. The number of esters is 3. The fourth-order valence-corrected chi connectivity index (χ4v) is 2.63. The van der Waals surface area contributed by atoms with Gasteiger partial charge in [-0.05, 0) is 6.08 Å². The molecule has 6 nitrogen and oxygen atoms in total. The van der Waals surface area contributed by atoms with Gasteiger partial charge in [0.05, 0.1) is 21.3 Å². The Bertz CT molecular complexity index is 359. The van der Waals surface area contributed by atoms with Crippen molar-refractivity contribution in [1.82, 2.24) is 0 Å². The Labute approximate surface area is 102 Å². The normalized spacial score (nSPS) is 20.8. The van der Waals surface area contributed by atoms with Crippen molar-refractivity contribution >= 4 is 29.7 Å². The van der Waals surface area contributed by atoms with E-state index < -0.39 is 27.9 Å². The van der Waals surface area contributed by atoms with Crippen LogP contribution in [0.15, 0.2) is 12.2 Å². The molecular formula is C10H12O6S. The van der Waals surface area contributed by atoms with Crippen molar-refractivity contribution in [3.05, 3.63) is 12.2 Å². The molecule has 1 rings (SSSR count). The third-order valence-corrected chi connectivity index (χ3v) is 3.67. The Balaban J connectivity index is 2.99. The van der Waals surface area contributed by atoms with Crippen LogP contribution in [0.4, 0.5) is 0 Å². The van der Waals surface area contributed by atoms with E-state index in [9.17, 15) is 14.4 Å². The first-order valence-corrected chi connectivity index (χ1v) is 5.51. The van der Waals surface area contributed by atoms with Crippen molar-refractivity contribution in [3.63, 3.8) is 0 Å². The second kappa shape index (κ2) is 5.22. The number of hydrogen-bond donors (Lipinski definition) is 0. The van der Waals surface area contributed by atoms with Crippen molar-refractivity contribution in [3.8, 4) is 0 Å². The molecule has 0 aromatic rings. The first-order valence-electron chi connectivity index (χ1n) is 4.63. The Hall–Kier alpha value is -1.50. The van der Waals surface area contributed by atoms with Crippen LogP contribution >= 0.6 is 11.8 Å². The Morgan fingerprint density at radius 1 is 1.06 bits per heavy atom. The summed E-state index contributed by atoms with van der Waals surface area (Å²) < 4.78 is 12.0. The predicted octanol–water partition coefficient (Wildman–Crippen LogP) is -0.0842. The molecule has 94 valence electrons. The molecule has 0 aliphatic carbocycles. The minimum Gasteiger partial charge on any atom is -0.468 e. The Kier molecular flexibility index (Phi) is 4.17. The summed E-state index contributed by atoms with van der Waals surface area (Å²) in [6, 6.07) is 0. The van der Waals surface area contributed by atoms with Gasteiger partial charge in [0.2, 0.25) is 4.75 Å².